The average Bonchev–Trinajstić information content (AvgIpc) is 2.34. The Morgan fingerprint density at radius 2 is 2.06 bits per heavy atom. The average molecular weight is 253 g/mol. The van der Waals surface area contributed by atoms with Crippen LogP contribution in [0.2, 0.25) is 0 Å². The monoisotopic (exact) mass is 253 g/mol. The first-order chi connectivity index (χ1) is 8.52. The minimum atomic E-state index is -0.851. The smallest absolute Gasteiger partial charge is 0.306 e. The minimum Gasteiger partial charge on any atom is -0.481 e. The summed E-state index contributed by atoms with van der Waals surface area (Å²) in [5, 5.41) is 11.2. The quantitative estimate of drug-likeness (QED) is 0.762. The number of halogens is 1. The number of rotatable bonds is 6. The van der Waals surface area contributed by atoms with E-state index < -0.39 is 23.6 Å². The molecule has 98 valence electrons. The molecule has 1 atom stereocenters. The van der Waals surface area contributed by atoms with E-state index in [-0.39, 0.29) is 5.56 Å². The van der Waals surface area contributed by atoms with Crippen LogP contribution in [0, 0.1) is 11.7 Å². The molecule has 0 saturated carbocycles. The van der Waals surface area contributed by atoms with Gasteiger partial charge in [-0.05, 0) is 25.0 Å². The van der Waals surface area contributed by atoms with Gasteiger partial charge in [-0.15, -0.1) is 0 Å². The highest BCUT2D eigenvalue weighted by Gasteiger charge is 2.12. The molecule has 0 radical (unpaired) electrons. The topological polar surface area (TPSA) is 66.4 Å². The summed E-state index contributed by atoms with van der Waals surface area (Å²) in [4.78, 5) is 22.1. The molecule has 1 aromatic carbocycles. The van der Waals surface area contributed by atoms with Gasteiger partial charge in [-0.25, -0.2) is 4.39 Å². The number of carbonyl (C=O) groups excluding carboxylic acids is 1. The van der Waals surface area contributed by atoms with E-state index in [2.05, 4.69) is 5.32 Å². The van der Waals surface area contributed by atoms with Gasteiger partial charge in [-0.1, -0.05) is 19.1 Å². The van der Waals surface area contributed by atoms with Crippen LogP contribution in [0.3, 0.4) is 0 Å². The highest BCUT2D eigenvalue weighted by molar-refractivity contribution is 5.94. The summed E-state index contributed by atoms with van der Waals surface area (Å²) in [7, 11) is 0. The van der Waals surface area contributed by atoms with Crippen LogP contribution in [0.1, 0.15) is 30.1 Å². The van der Waals surface area contributed by atoms with Crippen LogP contribution in [0.15, 0.2) is 24.3 Å². The molecule has 4 nitrogen and oxygen atoms in total. The molecule has 0 heterocycles. The van der Waals surface area contributed by atoms with E-state index >= 15 is 0 Å². The van der Waals surface area contributed by atoms with E-state index in [1.165, 1.54) is 18.2 Å². The zero-order chi connectivity index (χ0) is 13.5. The number of carbonyl (C=O) groups is 2. The lowest BCUT2D eigenvalue weighted by molar-refractivity contribution is -0.141. The Kier molecular flexibility index (Phi) is 5.30. The third kappa shape index (κ3) is 4.16. The zero-order valence-electron chi connectivity index (χ0n) is 10.1. The second-order valence-electron chi connectivity index (χ2n) is 4.12. The molecule has 2 N–H and O–H groups in total. The Labute approximate surface area is 105 Å². The Hall–Kier alpha value is -1.91. The van der Waals surface area contributed by atoms with Crippen molar-refractivity contribution in [2.24, 2.45) is 5.92 Å². The molecule has 0 aliphatic rings. The molecule has 1 amide bonds. The van der Waals surface area contributed by atoms with E-state index in [1.54, 1.807) is 13.0 Å². The highest BCUT2D eigenvalue weighted by Crippen LogP contribution is 2.07. The van der Waals surface area contributed by atoms with Crippen molar-refractivity contribution in [3.63, 3.8) is 0 Å². The Morgan fingerprint density at radius 3 is 2.67 bits per heavy atom. The van der Waals surface area contributed by atoms with Gasteiger partial charge in [0.1, 0.15) is 5.82 Å². The van der Waals surface area contributed by atoms with Gasteiger partial charge in [0.05, 0.1) is 11.5 Å². The molecule has 0 saturated heterocycles. The number of hydrogen-bond donors (Lipinski definition) is 2. The van der Waals surface area contributed by atoms with Gasteiger partial charge >= 0.3 is 5.97 Å². The van der Waals surface area contributed by atoms with Crippen molar-refractivity contribution in [2.45, 2.75) is 19.8 Å². The van der Waals surface area contributed by atoms with E-state index in [0.29, 0.717) is 19.4 Å². The van der Waals surface area contributed by atoms with Crippen molar-refractivity contribution in [3.05, 3.63) is 35.6 Å². The summed E-state index contributed by atoms with van der Waals surface area (Å²) in [5.74, 6) is -2.32. The molecule has 0 bridgehead atoms. The van der Waals surface area contributed by atoms with Crippen molar-refractivity contribution < 1.29 is 19.1 Å². The fourth-order valence-corrected chi connectivity index (χ4v) is 1.47. The molecule has 1 rings (SSSR count). The Morgan fingerprint density at radius 1 is 1.39 bits per heavy atom. The van der Waals surface area contributed by atoms with Gasteiger partial charge in [0.2, 0.25) is 0 Å². The Bertz CT molecular complexity index is 434. The van der Waals surface area contributed by atoms with E-state index in [9.17, 15) is 14.0 Å². The van der Waals surface area contributed by atoms with E-state index in [1.807, 2.05) is 0 Å². The van der Waals surface area contributed by atoms with Gasteiger partial charge in [-0.2, -0.15) is 0 Å². The molecule has 0 spiro atoms. The molecular weight excluding hydrogens is 237 g/mol. The van der Waals surface area contributed by atoms with Crippen LogP contribution in [0.5, 0.6) is 0 Å². The first kappa shape index (κ1) is 14.2. The van der Waals surface area contributed by atoms with Crippen LogP contribution in [-0.2, 0) is 4.79 Å². The Balaban J connectivity index is 2.34. The van der Waals surface area contributed by atoms with Crippen molar-refractivity contribution in [1.82, 2.24) is 5.32 Å². The number of nitrogens with one attached hydrogen (secondary N) is 1. The fourth-order valence-electron chi connectivity index (χ4n) is 1.47. The van der Waals surface area contributed by atoms with Crippen LogP contribution >= 0.6 is 0 Å². The molecule has 5 heteroatoms. The van der Waals surface area contributed by atoms with Gasteiger partial charge < -0.3 is 10.4 Å². The normalized spacial score (nSPS) is 11.9. The van der Waals surface area contributed by atoms with Crippen molar-refractivity contribution in [2.75, 3.05) is 6.54 Å². The summed E-state index contributed by atoms with van der Waals surface area (Å²) in [6.45, 7) is 1.95. The number of carboxylic acids is 1. The predicted octanol–water partition coefficient (Wildman–Crippen LogP) is 2.06. The summed E-state index contributed by atoms with van der Waals surface area (Å²) in [6, 6.07) is 5.73. The molecule has 0 aromatic heterocycles. The molecule has 0 fully saturated rings. The zero-order valence-corrected chi connectivity index (χ0v) is 10.1. The van der Waals surface area contributed by atoms with E-state index in [4.69, 9.17) is 5.11 Å². The first-order valence-corrected chi connectivity index (χ1v) is 5.78. The maximum atomic E-state index is 13.2. The third-order valence-electron chi connectivity index (χ3n) is 2.64. The third-order valence-corrected chi connectivity index (χ3v) is 2.64. The number of hydrogen-bond acceptors (Lipinski definition) is 2. The standard InChI is InChI=1S/C13H16FNO3/c1-9(13(17)18)5-4-8-15-12(16)10-6-2-3-7-11(10)14/h2-3,6-7,9H,4-5,8H2,1H3,(H,15,16)(H,17,18). The summed E-state index contributed by atoms with van der Waals surface area (Å²) >= 11 is 0. The lowest BCUT2D eigenvalue weighted by atomic mass is 10.1. The van der Waals surface area contributed by atoms with Gasteiger partial charge in [0.15, 0.2) is 0 Å². The molecule has 0 aliphatic heterocycles. The summed E-state index contributed by atoms with van der Waals surface area (Å²) in [6.07, 6.45) is 1.03. The van der Waals surface area contributed by atoms with Crippen molar-refractivity contribution in [1.29, 1.82) is 0 Å². The minimum absolute atomic E-state index is 0.00350. The van der Waals surface area contributed by atoms with Crippen molar-refractivity contribution >= 4 is 11.9 Å². The second-order valence-corrected chi connectivity index (χ2v) is 4.12. The number of amides is 1. The van der Waals surface area contributed by atoms with Crippen LogP contribution in [0.25, 0.3) is 0 Å². The predicted molar refractivity (Wildman–Crippen MR) is 64.8 cm³/mol. The maximum Gasteiger partial charge on any atom is 0.306 e. The van der Waals surface area contributed by atoms with Crippen molar-refractivity contribution in [3.8, 4) is 0 Å². The van der Waals surface area contributed by atoms with Gasteiger partial charge in [0, 0.05) is 6.54 Å². The molecular formula is C13H16FNO3. The SMILES string of the molecule is CC(CCCNC(=O)c1ccccc1F)C(=O)O. The maximum absolute atomic E-state index is 13.2. The number of benzene rings is 1. The van der Waals surface area contributed by atoms with E-state index in [0.717, 1.165) is 0 Å². The molecule has 18 heavy (non-hydrogen) atoms. The summed E-state index contributed by atoms with van der Waals surface area (Å²) < 4.78 is 13.2. The molecule has 1 unspecified atom stereocenters. The second kappa shape index (κ2) is 6.74. The lowest BCUT2D eigenvalue weighted by Gasteiger charge is -2.07. The van der Waals surface area contributed by atoms with Gasteiger partial charge in [-0.3, -0.25) is 9.59 Å². The largest absolute Gasteiger partial charge is 0.481 e. The van der Waals surface area contributed by atoms with Crippen LogP contribution in [0.4, 0.5) is 4.39 Å². The molecule has 0 aliphatic carbocycles. The van der Waals surface area contributed by atoms with Crippen LogP contribution < -0.4 is 5.32 Å². The lowest BCUT2D eigenvalue weighted by Crippen LogP contribution is -2.26. The first-order valence-electron chi connectivity index (χ1n) is 5.78. The number of carboxylic acid groups (broad SMARTS) is 1. The number of aliphatic carboxylic acids is 1. The summed E-state index contributed by atoms with van der Waals surface area (Å²) in [5.41, 5.74) is 0.00350. The highest BCUT2D eigenvalue weighted by atomic mass is 19.1. The van der Waals surface area contributed by atoms with Gasteiger partial charge in [0.25, 0.3) is 5.91 Å². The fraction of sp³-hybridized carbons (Fsp3) is 0.385. The molecule has 1 aromatic rings. The van der Waals surface area contributed by atoms with Crippen LogP contribution in [-0.4, -0.2) is 23.5 Å².